The largest absolute Gasteiger partial charge is 0.475 e. The number of carbonyl (C=O) groups excluding carboxylic acids is 1. The van der Waals surface area contributed by atoms with E-state index in [1.54, 1.807) is 24.3 Å². The fourth-order valence-electron chi connectivity index (χ4n) is 2.84. The number of rotatable bonds is 7. The highest BCUT2D eigenvalue weighted by atomic mass is 19.1. The number of aromatic nitrogens is 4. The minimum atomic E-state index is -0.565. The highest BCUT2D eigenvalue weighted by molar-refractivity contribution is 5.94. The molecular weight excluding hydrogens is 407 g/mol. The van der Waals surface area contributed by atoms with Crippen LogP contribution in [0.4, 0.5) is 10.1 Å². The predicted molar refractivity (Wildman–Crippen MR) is 107 cm³/mol. The molecular formula is C20H15FN6O4. The normalized spacial score (nSPS) is 10.7. The Morgan fingerprint density at radius 3 is 2.77 bits per heavy atom. The van der Waals surface area contributed by atoms with Crippen molar-refractivity contribution in [1.82, 2.24) is 25.1 Å². The topological polar surface area (TPSA) is 125 Å². The number of ether oxygens (including phenoxy) is 1. The van der Waals surface area contributed by atoms with Gasteiger partial charge in [0.1, 0.15) is 12.4 Å². The van der Waals surface area contributed by atoms with Crippen LogP contribution in [0.5, 0.6) is 5.88 Å². The number of benzene rings is 2. The van der Waals surface area contributed by atoms with E-state index in [0.29, 0.717) is 17.0 Å². The van der Waals surface area contributed by atoms with E-state index in [9.17, 15) is 19.3 Å². The molecule has 0 atom stereocenters. The van der Waals surface area contributed by atoms with Crippen molar-refractivity contribution in [1.29, 1.82) is 0 Å². The van der Waals surface area contributed by atoms with Crippen molar-refractivity contribution in [2.24, 2.45) is 0 Å². The number of nitrogens with one attached hydrogen (secondary N) is 1. The first-order valence-corrected chi connectivity index (χ1v) is 9.15. The zero-order chi connectivity index (χ0) is 21.8. The third kappa shape index (κ3) is 4.45. The molecule has 0 unspecified atom stereocenters. The molecule has 0 fully saturated rings. The lowest BCUT2D eigenvalue weighted by Crippen LogP contribution is -2.28. The summed E-state index contributed by atoms with van der Waals surface area (Å²) < 4.78 is 20.5. The number of fused-ring (bicyclic) bond motifs is 1. The molecule has 0 bridgehead atoms. The van der Waals surface area contributed by atoms with Crippen LogP contribution in [0, 0.1) is 15.9 Å². The van der Waals surface area contributed by atoms with Crippen LogP contribution in [0.1, 0.15) is 10.4 Å². The predicted octanol–water partition coefficient (Wildman–Crippen LogP) is 2.65. The van der Waals surface area contributed by atoms with Gasteiger partial charge in [0.25, 0.3) is 11.6 Å². The van der Waals surface area contributed by atoms with Gasteiger partial charge in [0, 0.05) is 29.3 Å². The summed E-state index contributed by atoms with van der Waals surface area (Å²) in [6.45, 7) is 0.261. The van der Waals surface area contributed by atoms with Crippen LogP contribution in [-0.2, 0) is 0 Å². The van der Waals surface area contributed by atoms with Crippen LogP contribution in [0.15, 0.2) is 60.7 Å². The van der Waals surface area contributed by atoms with Gasteiger partial charge in [-0.15, -0.1) is 15.3 Å². The fraction of sp³-hybridized carbons (Fsp3) is 0.100. The number of halogens is 1. The summed E-state index contributed by atoms with van der Waals surface area (Å²) in [6.07, 6.45) is 0. The molecule has 0 spiro atoms. The Hall–Kier alpha value is -4.41. The summed E-state index contributed by atoms with van der Waals surface area (Å²) in [7, 11) is 0. The summed E-state index contributed by atoms with van der Waals surface area (Å²) in [6, 6.07) is 14.6. The Morgan fingerprint density at radius 1 is 1.13 bits per heavy atom. The molecule has 0 saturated heterocycles. The molecule has 0 saturated carbocycles. The zero-order valence-corrected chi connectivity index (χ0v) is 15.9. The molecule has 0 aliphatic rings. The summed E-state index contributed by atoms with van der Waals surface area (Å²) in [5.41, 5.74) is 0.995. The molecule has 0 aliphatic carbocycles. The van der Waals surface area contributed by atoms with E-state index in [4.69, 9.17) is 4.74 Å². The summed E-state index contributed by atoms with van der Waals surface area (Å²) >= 11 is 0. The van der Waals surface area contributed by atoms with E-state index in [1.807, 2.05) is 0 Å². The number of non-ortho nitro benzene ring substituents is 1. The average molecular weight is 422 g/mol. The fourth-order valence-corrected chi connectivity index (χ4v) is 2.84. The van der Waals surface area contributed by atoms with Gasteiger partial charge in [0.2, 0.25) is 5.88 Å². The van der Waals surface area contributed by atoms with Gasteiger partial charge in [0.15, 0.2) is 11.5 Å². The van der Waals surface area contributed by atoms with Crippen molar-refractivity contribution in [3.63, 3.8) is 0 Å². The number of hydrogen-bond acceptors (Lipinski definition) is 7. The van der Waals surface area contributed by atoms with Gasteiger partial charge in [-0.3, -0.25) is 14.9 Å². The van der Waals surface area contributed by atoms with E-state index in [2.05, 4.69) is 20.6 Å². The molecule has 0 aliphatic heterocycles. The smallest absolute Gasteiger partial charge is 0.270 e. The van der Waals surface area contributed by atoms with Gasteiger partial charge in [-0.05, 0) is 24.3 Å². The number of amides is 1. The van der Waals surface area contributed by atoms with Crippen LogP contribution in [-0.4, -0.2) is 43.8 Å². The van der Waals surface area contributed by atoms with E-state index in [-0.39, 0.29) is 30.3 Å². The number of carbonyl (C=O) groups is 1. The van der Waals surface area contributed by atoms with E-state index < -0.39 is 16.6 Å². The monoisotopic (exact) mass is 422 g/mol. The number of nitrogens with zero attached hydrogens (tertiary/aromatic N) is 5. The van der Waals surface area contributed by atoms with Crippen LogP contribution in [0.3, 0.4) is 0 Å². The molecule has 4 rings (SSSR count). The second-order valence-electron chi connectivity index (χ2n) is 6.39. The maximum absolute atomic E-state index is 13.5. The van der Waals surface area contributed by atoms with Gasteiger partial charge >= 0.3 is 0 Å². The van der Waals surface area contributed by atoms with Gasteiger partial charge in [-0.2, -0.15) is 4.52 Å². The van der Waals surface area contributed by atoms with Crippen molar-refractivity contribution in [2.45, 2.75) is 0 Å². The summed E-state index contributed by atoms with van der Waals surface area (Å²) in [5.74, 6) is -0.238. The number of nitro benzene ring substituents is 1. The molecule has 1 N–H and O–H groups in total. The van der Waals surface area contributed by atoms with E-state index in [0.717, 1.165) is 0 Å². The molecule has 10 nitrogen and oxygen atoms in total. The molecule has 4 aromatic rings. The number of hydrogen-bond donors (Lipinski definition) is 1. The maximum atomic E-state index is 13.5. The second-order valence-corrected chi connectivity index (χ2v) is 6.39. The zero-order valence-electron chi connectivity index (χ0n) is 15.9. The molecule has 2 aromatic heterocycles. The quantitative estimate of drug-likeness (QED) is 0.276. The lowest BCUT2D eigenvalue weighted by molar-refractivity contribution is -0.384. The first-order chi connectivity index (χ1) is 15.0. The van der Waals surface area contributed by atoms with Crippen molar-refractivity contribution in [3.05, 3.63) is 82.2 Å². The standard InChI is InChI=1S/C20H15FN6O4/c21-15-5-1-3-13(11-15)19-24-23-17-7-8-18(25-26(17)19)31-10-9-22-20(28)14-4-2-6-16(12-14)27(29)30/h1-8,11-12H,9-10H2,(H,22,28). The molecule has 2 heterocycles. The lowest BCUT2D eigenvalue weighted by atomic mass is 10.2. The highest BCUT2D eigenvalue weighted by Gasteiger charge is 2.13. The first kappa shape index (κ1) is 19.9. The van der Waals surface area contributed by atoms with E-state index in [1.165, 1.54) is 40.9 Å². The molecule has 2 aromatic carbocycles. The maximum Gasteiger partial charge on any atom is 0.270 e. The average Bonchev–Trinajstić information content (AvgIpc) is 3.20. The second kappa shape index (κ2) is 8.53. The highest BCUT2D eigenvalue weighted by Crippen LogP contribution is 2.19. The Balaban J connectivity index is 1.39. The minimum absolute atomic E-state index is 0.108. The lowest BCUT2D eigenvalue weighted by Gasteiger charge is -2.08. The Labute approximate surface area is 174 Å². The van der Waals surface area contributed by atoms with Crippen molar-refractivity contribution >= 4 is 17.2 Å². The van der Waals surface area contributed by atoms with Gasteiger partial charge in [0.05, 0.1) is 11.5 Å². The van der Waals surface area contributed by atoms with Gasteiger partial charge < -0.3 is 10.1 Å². The Bertz CT molecular complexity index is 1280. The third-order valence-corrected chi connectivity index (χ3v) is 4.28. The van der Waals surface area contributed by atoms with E-state index >= 15 is 0 Å². The summed E-state index contributed by atoms with van der Waals surface area (Å²) in [4.78, 5) is 22.4. The van der Waals surface area contributed by atoms with Crippen molar-refractivity contribution in [3.8, 4) is 17.3 Å². The first-order valence-electron chi connectivity index (χ1n) is 9.15. The third-order valence-electron chi connectivity index (χ3n) is 4.28. The molecule has 11 heteroatoms. The Morgan fingerprint density at radius 2 is 1.97 bits per heavy atom. The van der Waals surface area contributed by atoms with Crippen LogP contribution in [0.2, 0.25) is 0 Å². The molecule has 31 heavy (non-hydrogen) atoms. The number of nitro groups is 1. The SMILES string of the molecule is O=C(NCCOc1ccc2nnc(-c3cccc(F)c3)n2n1)c1cccc([N+](=O)[O-])c1. The minimum Gasteiger partial charge on any atom is -0.475 e. The Kier molecular flexibility index (Phi) is 5.47. The molecule has 1 amide bonds. The van der Waals surface area contributed by atoms with Crippen molar-refractivity contribution in [2.75, 3.05) is 13.2 Å². The van der Waals surface area contributed by atoms with Gasteiger partial charge in [-0.1, -0.05) is 18.2 Å². The van der Waals surface area contributed by atoms with Gasteiger partial charge in [-0.25, -0.2) is 4.39 Å². The van der Waals surface area contributed by atoms with Crippen LogP contribution < -0.4 is 10.1 Å². The summed E-state index contributed by atoms with van der Waals surface area (Å²) in [5, 5.41) is 25.8. The van der Waals surface area contributed by atoms with Crippen LogP contribution in [0.25, 0.3) is 17.0 Å². The van der Waals surface area contributed by atoms with Crippen molar-refractivity contribution < 1.29 is 18.8 Å². The molecule has 156 valence electrons. The van der Waals surface area contributed by atoms with Crippen LogP contribution >= 0.6 is 0 Å². The molecule has 0 radical (unpaired) electrons.